The molecule has 0 heterocycles. The van der Waals surface area contributed by atoms with Crippen LogP contribution in [-0.2, 0) is 12.8 Å². The van der Waals surface area contributed by atoms with Gasteiger partial charge in [-0.3, -0.25) is 0 Å². The van der Waals surface area contributed by atoms with Gasteiger partial charge in [-0.15, -0.1) is 0 Å². The number of rotatable bonds is 2. The second-order valence-electron chi connectivity index (χ2n) is 7.49. The van der Waals surface area contributed by atoms with Crippen molar-refractivity contribution in [2.75, 3.05) is 0 Å². The van der Waals surface area contributed by atoms with Gasteiger partial charge in [-0.25, -0.2) is 4.39 Å². The van der Waals surface area contributed by atoms with E-state index in [1.807, 2.05) is 12.1 Å². The van der Waals surface area contributed by atoms with Crippen LogP contribution in [0, 0.1) is 16.6 Å². The van der Waals surface area contributed by atoms with E-state index >= 15 is 0 Å². The van der Waals surface area contributed by atoms with Crippen molar-refractivity contribution in [2.45, 2.75) is 54.4 Å². The highest BCUT2D eigenvalue weighted by molar-refractivity contribution is 6.31. The zero-order valence-electron chi connectivity index (χ0n) is 12.3. The van der Waals surface area contributed by atoms with Crippen LogP contribution in [0.4, 0.5) is 4.39 Å². The minimum Gasteiger partial charge on any atom is -0.205 e. The smallest absolute Gasteiger partial charge is 0.145 e. The van der Waals surface area contributed by atoms with Crippen molar-refractivity contribution in [3.05, 3.63) is 34.1 Å². The molecule has 18 heavy (non-hydrogen) atoms. The number of benzene rings is 1. The predicted octanol–water partition coefficient (Wildman–Crippen LogP) is 5.66. The molecule has 102 valence electrons. The molecule has 2 heteroatoms. The molecule has 0 spiro atoms. The molecule has 0 radical (unpaired) electrons. The van der Waals surface area contributed by atoms with Crippen molar-refractivity contribution in [1.29, 1.82) is 0 Å². The molecule has 1 aromatic carbocycles. The fourth-order valence-electron chi connectivity index (χ4n) is 2.05. The summed E-state index contributed by atoms with van der Waals surface area (Å²) < 4.78 is 14.2. The van der Waals surface area contributed by atoms with Crippen LogP contribution in [0.1, 0.15) is 52.7 Å². The Kier molecular flexibility index (Phi) is 4.48. The standard InChI is InChI=1S/C16H24ClF/c1-15(2,3)9-11-7-8-12(10-16(4,5)6)14(18)13(11)17/h7-8H,9-10H2,1-6H3. The Balaban J connectivity index is 3.06. The molecule has 1 aromatic rings. The summed E-state index contributed by atoms with van der Waals surface area (Å²) in [7, 11) is 0. The molecule has 0 N–H and O–H groups in total. The maximum atomic E-state index is 14.2. The first-order valence-corrected chi connectivity index (χ1v) is 6.83. The van der Waals surface area contributed by atoms with Crippen molar-refractivity contribution in [2.24, 2.45) is 10.8 Å². The van der Waals surface area contributed by atoms with E-state index < -0.39 is 0 Å². The van der Waals surface area contributed by atoms with Crippen LogP contribution in [0.15, 0.2) is 12.1 Å². The molecule has 0 nitrogen and oxygen atoms in total. The van der Waals surface area contributed by atoms with Crippen molar-refractivity contribution in [3.63, 3.8) is 0 Å². The lowest BCUT2D eigenvalue weighted by Crippen LogP contribution is -2.13. The van der Waals surface area contributed by atoms with Gasteiger partial charge in [-0.2, -0.15) is 0 Å². The van der Waals surface area contributed by atoms with E-state index in [1.165, 1.54) is 0 Å². The molecule has 0 aliphatic rings. The number of hydrogen-bond donors (Lipinski definition) is 0. The summed E-state index contributed by atoms with van der Waals surface area (Å²) in [5, 5.41) is 0.298. The number of hydrogen-bond acceptors (Lipinski definition) is 0. The van der Waals surface area contributed by atoms with E-state index in [0.29, 0.717) is 17.0 Å². The van der Waals surface area contributed by atoms with Crippen LogP contribution in [0.5, 0.6) is 0 Å². The lowest BCUT2D eigenvalue weighted by molar-refractivity contribution is 0.399. The Labute approximate surface area is 116 Å². The van der Waals surface area contributed by atoms with Crippen LogP contribution in [0.2, 0.25) is 5.02 Å². The Bertz CT molecular complexity index is 381. The third-order valence-electron chi connectivity index (χ3n) is 2.68. The third-order valence-corrected chi connectivity index (χ3v) is 3.09. The highest BCUT2D eigenvalue weighted by Gasteiger charge is 2.20. The average Bonchev–Trinajstić information content (AvgIpc) is 2.14. The van der Waals surface area contributed by atoms with Gasteiger partial charge in [0.2, 0.25) is 0 Å². The first kappa shape index (κ1) is 15.5. The van der Waals surface area contributed by atoms with Gasteiger partial charge in [0.15, 0.2) is 0 Å². The first-order chi connectivity index (χ1) is 7.99. The van der Waals surface area contributed by atoms with Gasteiger partial charge in [-0.05, 0) is 34.8 Å². The molecule has 0 fully saturated rings. The highest BCUT2D eigenvalue weighted by atomic mass is 35.5. The van der Waals surface area contributed by atoms with Gasteiger partial charge < -0.3 is 0 Å². The van der Waals surface area contributed by atoms with Gasteiger partial charge in [0.05, 0.1) is 5.02 Å². The van der Waals surface area contributed by atoms with Crippen LogP contribution >= 0.6 is 11.6 Å². The van der Waals surface area contributed by atoms with E-state index in [2.05, 4.69) is 41.5 Å². The lowest BCUT2D eigenvalue weighted by Gasteiger charge is -2.22. The second kappa shape index (κ2) is 5.21. The maximum absolute atomic E-state index is 14.2. The number of halogens is 2. The molecule has 0 aliphatic heterocycles. The molecular weight excluding hydrogens is 247 g/mol. The average molecular weight is 271 g/mol. The van der Waals surface area contributed by atoms with Gasteiger partial charge in [0.1, 0.15) is 5.82 Å². The van der Waals surface area contributed by atoms with E-state index in [9.17, 15) is 4.39 Å². The first-order valence-electron chi connectivity index (χ1n) is 6.45. The van der Waals surface area contributed by atoms with Crippen LogP contribution in [-0.4, -0.2) is 0 Å². The van der Waals surface area contributed by atoms with Crippen molar-refractivity contribution >= 4 is 11.6 Å². The molecule has 0 atom stereocenters. The molecule has 0 bridgehead atoms. The fraction of sp³-hybridized carbons (Fsp3) is 0.625. The van der Waals surface area contributed by atoms with Crippen LogP contribution in [0.25, 0.3) is 0 Å². The summed E-state index contributed by atoms with van der Waals surface area (Å²) >= 11 is 6.16. The zero-order chi connectivity index (χ0) is 14.1. The fourth-order valence-corrected chi connectivity index (χ4v) is 2.30. The van der Waals surface area contributed by atoms with E-state index in [0.717, 1.165) is 12.0 Å². The predicted molar refractivity (Wildman–Crippen MR) is 77.7 cm³/mol. The molecular formula is C16H24ClF. The van der Waals surface area contributed by atoms with E-state index in [1.54, 1.807) is 0 Å². The summed E-state index contributed by atoms with van der Waals surface area (Å²) in [4.78, 5) is 0. The minimum absolute atomic E-state index is 0.0652. The van der Waals surface area contributed by atoms with Gasteiger partial charge in [0.25, 0.3) is 0 Å². The molecule has 0 saturated carbocycles. The second-order valence-corrected chi connectivity index (χ2v) is 7.86. The largest absolute Gasteiger partial charge is 0.205 e. The quantitative estimate of drug-likeness (QED) is 0.651. The topological polar surface area (TPSA) is 0 Å². The van der Waals surface area contributed by atoms with Crippen molar-refractivity contribution in [1.82, 2.24) is 0 Å². The molecule has 0 amide bonds. The summed E-state index contributed by atoms with van der Waals surface area (Å²) in [5.74, 6) is -0.242. The summed E-state index contributed by atoms with van der Waals surface area (Å²) in [6.45, 7) is 12.7. The monoisotopic (exact) mass is 270 g/mol. The van der Waals surface area contributed by atoms with Gasteiger partial charge in [-0.1, -0.05) is 65.3 Å². The van der Waals surface area contributed by atoms with Gasteiger partial charge in [0, 0.05) is 0 Å². The van der Waals surface area contributed by atoms with E-state index in [4.69, 9.17) is 11.6 Å². The SMILES string of the molecule is CC(C)(C)Cc1ccc(CC(C)(C)C)c(Cl)c1F. The summed E-state index contributed by atoms with van der Waals surface area (Å²) in [6.07, 6.45) is 1.49. The lowest BCUT2D eigenvalue weighted by atomic mass is 9.85. The van der Waals surface area contributed by atoms with E-state index in [-0.39, 0.29) is 16.6 Å². The Morgan fingerprint density at radius 1 is 0.889 bits per heavy atom. The third kappa shape index (κ3) is 4.61. The van der Waals surface area contributed by atoms with Crippen LogP contribution in [0.3, 0.4) is 0 Å². The molecule has 0 aliphatic carbocycles. The Morgan fingerprint density at radius 2 is 1.28 bits per heavy atom. The Morgan fingerprint density at radius 3 is 1.72 bits per heavy atom. The Hall–Kier alpha value is -0.560. The van der Waals surface area contributed by atoms with Crippen molar-refractivity contribution in [3.8, 4) is 0 Å². The minimum atomic E-state index is -0.242. The van der Waals surface area contributed by atoms with Crippen LogP contribution < -0.4 is 0 Å². The summed E-state index contributed by atoms with van der Waals surface area (Å²) in [6, 6.07) is 3.85. The van der Waals surface area contributed by atoms with Crippen molar-refractivity contribution < 1.29 is 4.39 Å². The molecule has 0 saturated heterocycles. The zero-order valence-corrected chi connectivity index (χ0v) is 13.1. The summed E-state index contributed by atoms with van der Waals surface area (Å²) in [5.41, 5.74) is 1.79. The highest BCUT2D eigenvalue weighted by Crippen LogP contribution is 2.31. The molecule has 0 unspecified atom stereocenters. The molecule has 1 rings (SSSR count). The maximum Gasteiger partial charge on any atom is 0.145 e. The van der Waals surface area contributed by atoms with Gasteiger partial charge >= 0.3 is 0 Å². The normalized spacial score (nSPS) is 12.9. The molecule has 0 aromatic heterocycles.